The maximum absolute atomic E-state index is 12.1. The second-order valence-corrected chi connectivity index (χ2v) is 4.86. The summed E-state index contributed by atoms with van der Waals surface area (Å²) in [5.74, 6) is 0.361. The lowest BCUT2D eigenvalue weighted by Gasteiger charge is -2.25. The molecule has 0 heterocycles. The van der Waals surface area contributed by atoms with Crippen molar-refractivity contribution in [2.75, 3.05) is 40.6 Å². The van der Waals surface area contributed by atoms with Crippen LogP contribution in [0.3, 0.4) is 0 Å². The van der Waals surface area contributed by atoms with Crippen LogP contribution >= 0.6 is 0 Å². The lowest BCUT2D eigenvalue weighted by molar-refractivity contribution is -0.0347. The number of hydrogen-bond acceptors (Lipinski definition) is 5. The summed E-state index contributed by atoms with van der Waals surface area (Å²) in [6.45, 7) is 2.67. The topological polar surface area (TPSA) is 77.0 Å². The van der Waals surface area contributed by atoms with Gasteiger partial charge in [0, 0.05) is 26.3 Å². The molecule has 0 aliphatic rings. The number of methoxy groups -OCH3 is 2. The van der Waals surface area contributed by atoms with E-state index in [4.69, 9.17) is 14.2 Å². The molecule has 6 nitrogen and oxygen atoms in total. The van der Waals surface area contributed by atoms with Gasteiger partial charge in [0.1, 0.15) is 18.0 Å². The molecule has 0 saturated carbocycles. The molecule has 118 valence electrons. The summed E-state index contributed by atoms with van der Waals surface area (Å²) >= 11 is 0. The molecule has 0 spiro atoms. The number of benzene rings is 1. The maximum atomic E-state index is 12.1. The Kier molecular flexibility index (Phi) is 7.14. The molecule has 1 aromatic rings. The zero-order valence-electron chi connectivity index (χ0n) is 12.7. The largest absolute Gasteiger partial charge is 0.491 e. The Balaban J connectivity index is 2.59. The minimum Gasteiger partial charge on any atom is -0.491 e. The highest BCUT2D eigenvalue weighted by atomic mass is 16.5. The van der Waals surface area contributed by atoms with Gasteiger partial charge in [-0.15, -0.1) is 0 Å². The number of ether oxygens (including phenoxy) is 3. The highest BCUT2D eigenvalue weighted by Crippen LogP contribution is 2.14. The van der Waals surface area contributed by atoms with E-state index in [1.807, 2.05) is 0 Å². The van der Waals surface area contributed by atoms with Crippen LogP contribution in [-0.2, 0) is 9.47 Å². The molecular weight excluding hydrogens is 274 g/mol. The Labute approximate surface area is 125 Å². The van der Waals surface area contributed by atoms with Crippen molar-refractivity contribution >= 4 is 5.91 Å². The van der Waals surface area contributed by atoms with E-state index in [0.717, 1.165) is 0 Å². The van der Waals surface area contributed by atoms with Crippen molar-refractivity contribution in [1.82, 2.24) is 5.32 Å². The van der Waals surface area contributed by atoms with E-state index in [9.17, 15) is 9.90 Å². The van der Waals surface area contributed by atoms with Crippen LogP contribution in [0.15, 0.2) is 24.3 Å². The fourth-order valence-corrected chi connectivity index (χ4v) is 1.53. The predicted molar refractivity (Wildman–Crippen MR) is 78.6 cm³/mol. The first-order valence-corrected chi connectivity index (χ1v) is 6.70. The smallest absolute Gasteiger partial charge is 0.251 e. The second kappa shape index (κ2) is 8.61. The van der Waals surface area contributed by atoms with Gasteiger partial charge < -0.3 is 24.6 Å². The fraction of sp³-hybridized carbons (Fsp3) is 0.533. The van der Waals surface area contributed by atoms with Gasteiger partial charge in [-0.05, 0) is 25.1 Å². The highest BCUT2D eigenvalue weighted by Gasteiger charge is 2.23. The molecule has 1 amide bonds. The van der Waals surface area contributed by atoms with Crippen molar-refractivity contribution in [1.29, 1.82) is 0 Å². The summed E-state index contributed by atoms with van der Waals surface area (Å²) in [4.78, 5) is 12.1. The maximum Gasteiger partial charge on any atom is 0.251 e. The minimum atomic E-state index is -0.789. The number of aliphatic hydroxyl groups is 1. The predicted octanol–water partition coefficient (Wildman–Crippen LogP) is 0.839. The van der Waals surface area contributed by atoms with Crippen LogP contribution in [-0.4, -0.2) is 57.2 Å². The Morgan fingerprint density at radius 2 is 2.10 bits per heavy atom. The number of rotatable bonds is 9. The first-order valence-electron chi connectivity index (χ1n) is 6.70. The van der Waals surface area contributed by atoms with Crippen LogP contribution in [0.2, 0.25) is 0 Å². The van der Waals surface area contributed by atoms with Gasteiger partial charge in [0.05, 0.1) is 13.2 Å². The molecule has 1 rings (SSSR count). The van der Waals surface area contributed by atoms with Gasteiger partial charge in [0.2, 0.25) is 0 Å². The molecule has 1 atom stereocenters. The zero-order chi connectivity index (χ0) is 15.7. The van der Waals surface area contributed by atoms with Crippen LogP contribution in [0.1, 0.15) is 17.3 Å². The first kappa shape index (κ1) is 17.4. The van der Waals surface area contributed by atoms with Gasteiger partial charge in [-0.3, -0.25) is 4.79 Å². The Hall–Kier alpha value is -1.63. The normalized spacial score (nSPS) is 13.5. The van der Waals surface area contributed by atoms with Crippen molar-refractivity contribution in [2.24, 2.45) is 0 Å². The first-order chi connectivity index (χ1) is 10.0. The molecule has 0 radical (unpaired) electrons. The summed E-state index contributed by atoms with van der Waals surface area (Å²) in [5, 5.41) is 12.0. The summed E-state index contributed by atoms with van der Waals surface area (Å²) in [6, 6.07) is 6.88. The zero-order valence-corrected chi connectivity index (χ0v) is 12.7. The average Bonchev–Trinajstić information content (AvgIpc) is 2.53. The SMILES string of the molecule is COCCOc1cccc(C(=O)NCC(C)(CO)OC)c1. The van der Waals surface area contributed by atoms with Gasteiger partial charge in [-0.25, -0.2) is 0 Å². The molecule has 0 aliphatic heterocycles. The van der Waals surface area contributed by atoms with E-state index >= 15 is 0 Å². The lowest BCUT2D eigenvalue weighted by Crippen LogP contribution is -2.44. The third-order valence-corrected chi connectivity index (χ3v) is 3.10. The van der Waals surface area contributed by atoms with Crippen LogP contribution < -0.4 is 10.1 Å². The Morgan fingerprint density at radius 3 is 2.71 bits per heavy atom. The van der Waals surface area contributed by atoms with Gasteiger partial charge >= 0.3 is 0 Å². The fourth-order valence-electron chi connectivity index (χ4n) is 1.53. The monoisotopic (exact) mass is 297 g/mol. The van der Waals surface area contributed by atoms with Crippen LogP contribution in [0.5, 0.6) is 5.75 Å². The van der Waals surface area contributed by atoms with Crippen molar-refractivity contribution in [2.45, 2.75) is 12.5 Å². The van der Waals surface area contributed by atoms with Crippen LogP contribution in [0.4, 0.5) is 0 Å². The molecule has 21 heavy (non-hydrogen) atoms. The molecule has 2 N–H and O–H groups in total. The van der Waals surface area contributed by atoms with Gasteiger partial charge in [-0.2, -0.15) is 0 Å². The van der Waals surface area contributed by atoms with E-state index < -0.39 is 5.60 Å². The standard InChI is InChI=1S/C15H23NO5/c1-15(11-17,20-3)10-16-14(18)12-5-4-6-13(9-12)21-8-7-19-2/h4-6,9,17H,7-8,10-11H2,1-3H3,(H,16,18). The number of carbonyl (C=O) groups excluding carboxylic acids is 1. The van der Waals surface area contributed by atoms with E-state index in [1.165, 1.54) is 7.11 Å². The van der Waals surface area contributed by atoms with Crippen molar-refractivity contribution in [3.05, 3.63) is 29.8 Å². The lowest BCUT2D eigenvalue weighted by atomic mass is 10.1. The van der Waals surface area contributed by atoms with Gasteiger partial charge in [-0.1, -0.05) is 6.07 Å². The van der Waals surface area contributed by atoms with Crippen molar-refractivity contribution in [3.8, 4) is 5.75 Å². The van der Waals surface area contributed by atoms with E-state index in [0.29, 0.717) is 24.5 Å². The number of carbonyl (C=O) groups is 1. The highest BCUT2D eigenvalue weighted by molar-refractivity contribution is 5.94. The summed E-state index contributed by atoms with van der Waals surface area (Å²) < 4.78 is 15.5. The number of aliphatic hydroxyl groups excluding tert-OH is 1. The molecular formula is C15H23NO5. The minimum absolute atomic E-state index is 0.177. The molecule has 0 aromatic heterocycles. The second-order valence-electron chi connectivity index (χ2n) is 4.86. The van der Waals surface area contributed by atoms with Gasteiger partial charge in [0.25, 0.3) is 5.91 Å². The molecule has 0 aliphatic carbocycles. The Morgan fingerprint density at radius 1 is 1.33 bits per heavy atom. The number of hydrogen-bond donors (Lipinski definition) is 2. The molecule has 6 heteroatoms. The van der Waals surface area contributed by atoms with Crippen molar-refractivity contribution in [3.63, 3.8) is 0 Å². The summed E-state index contributed by atoms with van der Waals surface area (Å²) in [5.41, 5.74) is -0.302. The summed E-state index contributed by atoms with van der Waals surface area (Å²) in [7, 11) is 3.09. The number of nitrogens with one attached hydrogen (secondary N) is 1. The molecule has 1 unspecified atom stereocenters. The average molecular weight is 297 g/mol. The van der Waals surface area contributed by atoms with E-state index in [2.05, 4.69) is 5.32 Å². The third kappa shape index (κ3) is 5.71. The molecule has 0 bridgehead atoms. The van der Waals surface area contributed by atoms with Gasteiger partial charge in [0.15, 0.2) is 0 Å². The van der Waals surface area contributed by atoms with Crippen LogP contribution in [0, 0.1) is 0 Å². The van der Waals surface area contributed by atoms with E-state index in [1.54, 1.807) is 38.3 Å². The summed E-state index contributed by atoms with van der Waals surface area (Å²) in [6.07, 6.45) is 0. The Bertz CT molecular complexity index is 445. The van der Waals surface area contributed by atoms with Crippen molar-refractivity contribution < 1.29 is 24.1 Å². The van der Waals surface area contributed by atoms with E-state index in [-0.39, 0.29) is 19.1 Å². The third-order valence-electron chi connectivity index (χ3n) is 3.10. The quantitative estimate of drug-likeness (QED) is 0.661. The number of amides is 1. The molecule has 0 saturated heterocycles. The molecule has 1 aromatic carbocycles. The van der Waals surface area contributed by atoms with Crippen LogP contribution in [0.25, 0.3) is 0 Å². The molecule has 0 fully saturated rings.